The minimum atomic E-state index is 0.0696. The van der Waals surface area contributed by atoms with Gasteiger partial charge in [-0.1, -0.05) is 49.3 Å². The van der Waals surface area contributed by atoms with Crippen molar-refractivity contribution in [3.05, 3.63) is 40.7 Å². The van der Waals surface area contributed by atoms with Gasteiger partial charge in [-0.3, -0.25) is 0 Å². The molecule has 0 fully saturated rings. The zero-order valence-corrected chi connectivity index (χ0v) is 13.5. The second-order valence-electron chi connectivity index (χ2n) is 5.35. The van der Waals surface area contributed by atoms with Gasteiger partial charge in [-0.05, 0) is 17.7 Å². The Morgan fingerprint density at radius 1 is 1.24 bits per heavy atom. The van der Waals surface area contributed by atoms with Gasteiger partial charge in [0.1, 0.15) is 6.04 Å². The van der Waals surface area contributed by atoms with Crippen LogP contribution in [0.15, 0.2) is 34.5 Å². The molecular weight excluding hydrogens is 306 g/mol. The summed E-state index contributed by atoms with van der Waals surface area (Å²) in [5.41, 5.74) is 6.25. The number of thioether (sulfide) groups is 1. The van der Waals surface area contributed by atoms with E-state index in [1.807, 2.05) is 28.9 Å². The third-order valence-corrected chi connectivity index (χ3v) is 4.69. The molecule has 3 rings (SSSR count). The number of hydrogen-bond donors (Lipinski definition) is 1. The smallest absolute Gasteiger partial charge is 0.212 e. The minimum absolute atomic E-state index is 0.0696. The quantitative estimate of drug-likeness (QED) is 0.942. The minimum Gasteiger partial charge on any atom is -0.348 e. The highest BCUT2D eigenvalue weighted by molar-refractivity contribution is 7.99. The fourth-order valence-electron chi connectivity index (χ4n) is 2.06. The Morgan fingerprint density at radius 2 is 1.95 bits per heavy atom. The highest BCUT2D eigenvalue weighted by Gasteiger charge is 2.26. The molecule has 0 unspecified atom stereocenters. The average Bonchev–Trinajstić information content (AvgIpc) is 2.90. The van der Waals surface area contributed by atoms with Crippen LogP contribution in [0.25, 0.3) is 0 Å². The van der Waals surface area contributed by atoms with Crippen LogP contribution < -0.4 is 5.73 Å². The standard InChI is InChI=1S/C14H16ClN5S/c1-8(2)12(16)13-17-18-14-20(13)19-11(7-21-14)9-3-5-10(15)6-4-9/h3-6,8,12H,7,16H2,1-2H3/p+1/t12-/m0/s1. The molecule has 2 aromatic rings. The summed E-state index contributed by atoms with van der Waals surface area (Å²) in [5, 5.41) is 14.7. The normalized spacial score (nSPS) is 15.8. The Labute approximate surface area is 132 Å². The molecule has 0 saturated carbocycles. The van der Waals surface area contributed by atoms with E-state index in [0.29, 0.717) is 5.92 Å². The van der Waals surface area contributed by atoms with Crippen LogP contribution >= 0.6 is 23.4 Å². The molecule has 21 heavy (non-hydrogen) atoms. The van der Waals surface area contributed by atoms with Crippen molar-refractivity contribution < 1.29 is 5.73 Å². The summed E-state index contributed by atoms with van der Waals surface area (Å²) in [5.74, 6) is 1.99. The van der Waals surface area contributed by atoms with E-state index in [2.05, 4.69) is 29.8 Å². The summed E-state index contributed by atoms with van der Waals surface area (Å²) in [6.45, 7) is 4.25. The highest BCUT2D eigenvalue weighted by Crippen LogP contribution is 2.27. The molecule has 5 nitrogen and oxygen atoms in total. The topological polar surface area (TPSA) is 70.7 Å². The fourth-order valence-corrected chi connectivity index (χ4v) is 3.03. The molecule has 7 heteroatoms. The van der Waals surface area contributed by atoms with Gasteiger partial charge in [0, 0.05) is 16.7 Å². The lowest BCUT2D eigenvalue weighted by Gasteiger charge is -2.16. The summed E-state index contributed by atoms with van der Waals surface area (Å²) in [4.78, 5) is 0. The van der Waals surface area contributed by atoms with Gasteiger partial charge in [-0.25, -0.2) is 0 Å². The first-order chi connectivity index (χ1) is 10.1. The molecular formula is C14H17ClN5S+. The van der Waals surface area contributed by atoms with Gasteiger partial charge in [-0.15, -0.1) is 10.2 Å². The molecule has 0 saturated heterocycles. The number of quaternary nitrogens is 1. The third-order valence-electron chi connectivity index (χ3n) is 3.51. The molecule has 1 aromatic carbocycles. The lowest BCUT2D eigenvalue weighted by Crippen LogP contribution is -2.56. The van der Waals surface area contributed by atoms with E-state index in [1.165, 1.54) is 0 Å². The van der Waals surface area contributed by atoms with Gasteiger partial charge >= 0.3 is 0 Å². The van der Waals surface area contributed by atoms with Crippen LogP contribution in [0.5, 0.6) is 0 Å². The van der Waals surface area contributed by atoms with Crippen LogP contribution in [-0.4, -0.2) is 26.3 Å². The van der Waals surface area contributed by atoms with E-state index in [9.17, 15) is 0 Å². The summed E-state index contributed by atoms with van der Waals surface area (Å²) >= 11 is 7.58. The molecule has 0 bridgehead atoms. The van der Waals surface area contributed by atoms with Gasteiger partial charge in [0.25, 0.3) is 0 Å². The zero-order valence-electron chi connectivity index (χ0n) is 12.0. The summed E-state index contributed by atoms with van der Waals surface area (Å²) < 4.78 is 1.83. The van der Waals surface area contributed by atoms with Gasteiger partial charge < -0.3 is 5.73 Å². The van der Waals surface area contributed by atoms with Gasteiger partial charge in [0.2, 0.25) is 11.0 Å². The predicted octanol–water partition coefficient (Wildman–Crippen LogP) is 2.23. The van der Waals surface area contributed by atoms with Gasteiger partial charge in [-0.2, -0.15) is 9.78 Å². The Morgan fingerprint density at radius 3 is 2.62 bits per heavy atom. The van der Waals surface area contributed by atoms with E-state index in [1.54, 1.807) is 11.8 Å². The van der Waals surface area contributed by atoms with E-state index in [0.717, 1.165) is 33.0 Å². The van der Waals surface area contributed by atoms with E-state index >= 15 is 0 Å². The fraction of sp³-hybridized carbons (Fsp3) is 0.357. The average molecular weight is 323 g/mol. The first-order valence-electron chi connectivity index (χ1n) is 6.81. The van der Waals surface area contributed by atoms with Crippen molar-refractivity contribution in [3.8, 4) is 0 Å². The maximum Gasteiger partial charge on any atom is 0.212 e. The highest BCUT2D eigenvalue weighted by atomic mass is 35.5. The van der Waals surface area contributed by atoms with Crippen LogP contribution in [0, 0.1) is 5.92 Å². The predicted molar refractivity (Wildman–Crippen MR) is 84.6 cm³/mol. The van der Waals surface area contributed by atoms with Crippen molar-refractivity contribution in [2.75, 3.05) is 5.75 Å². The zero-order chi connectivity index (χ0) is 15.0. The molecule has 0 radical (unpaired) electrons. The maximum atomic E-state index is 5.94. The number of nitrogens with zero attached hydrogens (tertiary/aromatic N) is 4. The van der Waals surface area contributed by atoms with Crippen LogP contribution in [-0.2, 0) is 0 Å². The van der Waals surface area contributed by atoms with Crippen molar-refractivity contribution in [1.29, 1.82) is 0 Å². The monoisotopic (exact) mass is 322 g/mol. The molecule has 0 spiro atoms. The van der Waals surface area contributed by atoms with Crippen LogP contribution in [0.1, 0.15) is 31.3 Å². The van der Waals surface area contributed by atoms with Crippen LogP contribution in [0.3, 0.4) is 0 Å². The molecule has 0 aliphatic carbocycles. The Kier molecular flexibility index (Phi) is 4.01. The van der Waals surface area contributed by atoms with Crippen molar-refractivity contribution >= 4 is 29.1 Å². The van der Waals surface area contributed by atoms with Crippen LogP contribution in [0.4, 0.5) is 0 Å². The van der Waals surface area contributed by atoms with Crippen LogP contribution in [0.2, 0.25) is 5.02 Å². The molecule has 0 amide bonds. The van der Waals surface area contributed by atoms with E-state index in [-0.39, 0.29) is 6.04 Å². The molecule has 1 atom stereocenters. The number of hydrogen-bond acceptors (Lipinski definition) is 4. The second kappa shape index (κ2) is 5.79. The number of benzene rings is 1. The van der Waals surface area contributed by atoms with Gasteiger partial charge in [0.05, 0.1) is 5.71 Å². The molecule has 110 valence electrons. The number of halogens is 1. The number of aromatic nitrogens is 3. The second-order valence-corrected chi connectivity index (χ2v) is 6.72. The van der Waals surface area contributed by atoms with Crippen molar-refractivity contribution in [2.24, 2.45) is 11.0 Å². The number of fused-ring (bicyclic) bond motifs is 1. The maximum absolute atomic E-state index is 5.94. The Hall–Kier alpha value is -1.37. The SMILES string of the molecule is CC(C)[C@H]([NH3+])c1nnc2n1N=C(c1ccc(Cl)cc1)CS2. The summed E-state index contributed by atoms with van der Waals surface area (Å²) in [6.07, 6.45) is 0. The molecule has 3 N–H and O–H groups in total. The summed E-state index contributed by atoms with van der Waals surface area (Å²) in [6, 6.07) is 7.80. The Bertz CT molecular complexity index is 677. The first-order valence-corrected chi connectivity index (χ1v) is 8.17. The molecule has 1 aliphatic rings. The molecule has 1 aromatic heterocycles. The summed E-state index contributed by atoms with van der Waals surface area (Å²) in [7, 11) is 0. The lowest BCUT2D eigenvalue weighted by molar-refractivity contribution is -0.440. The van der Waals surface area contributed by atoms with E-state index < -0.39 is 0 Å². The molecule has 1 aliphatic heterocycles. The number of rotatable bonds is 3. The van der Waals surface area contributed by atoms with E-state index in [4.69, 9.17) is 16.7 Å². The van der Waals surface area contributed by atoms with Crippen molar-refractivity contribution in [2.45, 2.75) is 25.0 Å². The van der Waals surface area contributed by atoms with Gasteiger partial charge in [0.15, 0.2) is 0 Å². The lowest BCUT2D eigenvalue weighted by atomic mass is 10.1. The van der Waals surface area contributed by atoms with Crippen molar-refractivity contribution in [1.82, 2.24) is 14.9 Å². The van der Waals surface area contributed by atoms with Crippen molar-refractivity contribution in [3.63, 3.8) is 0 Å². The molecule has 2 heterocycles. The Balaban J connectivity index is 2.00. The first kappa shape index (κ1) is 14.6. The largest absolute Gasteiger partial charge is 0.348 e. The third kappa shape index (κ3) is 2.84.